The predicted molar refractivity (Wildman–Crippen MR) is 119 cm³/mol. The van der Waals surface area contributed by atoms with Gasteiger partial charge in [0.25, 0.3) is 0 Å². The van der Waals surface area contributed by atoms with Crippen LogP contribution in [-0.2, 0) is 4.79 Å². The highest BCUT2D eigenvalue weighted by Crippen LogP contribution is 2.28. The lowest BCUT2D eigenvalue weighted by Gasteiger charge is -2.32. The molecular weight excluding hydrogens is 376 g/mol. The molecule has 1 fully saturated rings. The number of ketones is 1. The number of aromatic nitrogens is 4. The second-order valence-corrected chi connectivity index (χ2v) is 8.54. The highest BCUT2D eigenvalue weighted by atomic mass is 16.1. The maximum absolute atomic E-state index is 12.7. The molecule has 1 aliphatic heterocycles. The number of rotatable bonds is 7. The Balaban J connectivity index is 1.53. The zero-order valence-electron chi connectivity index (χ0n) is 18.1. The van der Waals surface area contributed by atoms with Crippen LogP contribution in [0.3, 0.4) is 0 Å². The van der Waals surface area contributed by atoms with Crippen LogP contribution in [0.1, 0.15) is 31.2 Å². The molecule has 7 heteroatoms. The molecule has 0 amide bonds. The van der Waals surface area contributed by atoms with Gasteiger partial charge in [-0.1, -0.05) is 17.7 Å². The second kappa shape index (κ2) is 8.92. The summed E-state index contributed by atoms with van der Waals surface area (Å²) >= 11 is 0. The van der Waals surface area contributed by atoms with Gasteiger partial charge in [0, 0.05) is 37.0 Å². The Bertz CT molecular complexity index is 1010. The lowest BCUT2D eigenvalue weighted by molar-refractivity contribution is -0.123. The number of benzene rings is 1. The molecule has 1 unspecified atom stereocenters. The van der Waals surface area contributed by atoms with Gasteiger partial charge in [0.1, 0.15) is 11.3 Å². The van der Waals surface area contributed by atoms with Crippen molar-refractivity contribution in [3.8, 4) is 5.69 Å². The van der Waals surface area contributed by atoms with E-state index in [4.69, 9.17) is 5.10 Å². The van der Waals surface area contributed by atoms with Crippen LogP contribution in [0.4, 0.5) is 5.82 Å². The Hall–Kier alpha value is -2.80. The highest BCUT2D eigenvalue weighted by molar-refractivity contribution is 5.88. The van der Waals surface area contributed by atoms with Crippen LogP contribution in [0.25, 0.3) is 16.6 Å². The van der Waals surface area contributed by atoms with Crippen LogP contribution < -0.4 is 4.90 Å². The number of hydrogen-bond acceptors (Lipinski definition) is 6. The van der Waals surface area contributed by atoms with Crippen LogP contribution in [0.2, 0.25) is 0 Å². The summed E-state index contributed by atoms with van der Waals surface area (Å²) in [5.74, 6) is 1.22. The van der Waals surface area contributed by atoms with Crippen molar-refractivity contribution in [2.24, 2.45) is 5.92 Å². The van der Waals surface area contributed by atoms with E-state index in [1.165, 1.54) is 5.56 Å². The number of Topliss-reactive ketones (excluding diaryl/α,β-unsaturated/α-hetero) is 1. The number of hydrogen-bond donors (Lipinski definition) is 0. The average molecular weight is 407 g/mol. The molecule has 0 bridgehead atoms. The van der Waals surface area contributed by atoms with Gasteiger partial charge in [-0.3, -0.25) is 4.79 Å². The summed E-state index contributed by atoms with van der Waals surface area (Å²) in [6, 6.07) is 8.28. The molecule has 1 atom stereocenters. The molecule has 0 N–H and O–H groups in total. The maximum atomic E-state index is 12.7. The fourth-order valence-corrected chi connectivity index (χ4v) is 4.10. The summed E-state index contributed by atoms with van der Waals surface area (Å²) in [5, 5.41) is 14.4. The molecule has 0 aliphatic carbocycles. The fourth-order valence-electron chi connectivity index (χ4n) is 4.10. The van der Waals surface area contributed by atoms with E-state index in [1.54, 1.807) is 6.20 Å². The third-order valence-corrected chi connectivity index (χ3v) is 5.81. The van der Waals surface area contributed by atoms with Crippen molar-refractivity contribution < 1.29 is 4.79 Å². The molecule has 3 heterocycles. The first-order valence-electron chi connectivity index (χ1n) is 10.7. The first kappa shape index (κ1) is 20.5. The standard InChI is InChI=1S/C23H30N6O/c1-17-8-10-20(11-9-17)29-16-19-14-24-25-23(22(19)26-29)28-13-4-6-18(15-28)21(30)7-5-12-27(2)3/h8-11,14,16,18H,4-7,12-13,15H2,1-3H3. The quantitative estimate of drug-likeness (QED) is 0.600. The van der Waals surface area contributed by atoms with Crippen molar-refractivity contribution in [3.63, 3.8) is 0 Å². The van der Waals surface area contributed by atoms with Gasteiger partial charge in [0.05, 0.1) is 11.9 Å². The van der Waals surface area contributed by atoms with Crippen molar-refractivity contribution in [1.82, 2.24) is 24.9 Å². The minimum Gasteiger partial charge on any atom is -0.353 e. The Morgan fingerprint density at radius 3 is 2.80 bits per heavy atom. The minimum atomic E-state index is 0.0668. The Morgan fingerprint density at radius 1 is 1.23 bits per heavy atom. The summed E-state index contributed by atoms with van der Waals surface area (Å²) in [4.78, 5) is 17.1. The number of aryl methyl sites for hydroxylation is 1. The van der Waals surface area contributed by atoms with E-state index in [0.29, 0.717) is 18.7 Å². The van der Waals surface area contributed by atoms with E-state index >= 15 is 0 Å². The van der Waals surface area contributed by atoms with Crippen molar-refractivity contribution in [1.29, 1.82) is 0 Å². The summed E-state index contributed by atoms with van der Waals surface area (Å²) < 4.78 is 1.88. The first-order chi connectivity index (χ1) is 14.5. The molecule has 0 saturated carbocycles. The lowest BCUT2D eigenvalue weighted by Crippen LogP contribution is -2.39. The van der Waals surface area contributed by atoms with E-state index in [1.807, 2.05) is 25.0 Å². The molecule has 158 valence electrons. The van der Waals surface area contributed by atoms with Crippen molar-refractivity contribution in [2.45, 2.75) is 32.6 Å². The van der Waals surface area contributed by atoms with Gasteiger partial charge < -0.3 is 9.80 Å². The SMILES string of the molecule is Cc1ccc(-n2cc3cnnc(N4CCCC(C(=O)CCCN(C)C)C4)c3n2)cc1. The number of anilines is 1. The van der Waals surface area contributed by atoms with Gasteiger partial charge in [-0.15, -0.1) is 5.10 Å². The molecule has 3 aromatic rings. The van der Waals surface area contributed by atoms with E-state index in [0.717, 1.165) is 54.8 Å². The van der Waals surface area contributed by atoms with E-state index in [9.17, 15) is 4.79 Å². The smallest absolute Gasteiger partial charge is 0.179 e. The molecule has 4 rings (SSSR count). The van der Waals surface area contributed by atoms with Crippen LogP contribution in [0.15, 0.2) is 36.7 Å². The van der Waals surface area contributed by atoms with Gasteiger partial charge in [-0.25, -0.2) is 4.68 Å². The Morgan fingerprint density at radius 2 is 2.03 bits per heavy atom. The van der Waals surface area contributed by atoms with E-state index < -0.39 is 0 Å². The summed E-state index contributed by atoms with van der Waals surface area (Å²) in [6.07, 6.45) is 7.25. The van der Waals surface area contributed by atoms with Gasteiger partial charge >= 0.3 is 0 Å². The third-order valence-electron chi connectivity index (χ3n) is 5.81. The number of fused-ring (bicyclic) bond motifs is 1. The van der Waals surface area contributed by atoms with Crippen LogP contribution in [-0.4, -0.2) is 64.4 Å². The molecule has 1 aliphatic rings. The van der Waals surface area contributed by atoms with Crippen molar-refractivity contribution in [2.75, 3.05) is 38.6 Å². The molecule has 2 aromatic heterocycles. The Kier molecular flexibility index (Phi) is 6.08. The second-order valence-electron chi connectivity index (χ2n) is 8.54. The number of carbonyl (C=O) groups is 1. The van der Waals surface area contributed by atoms with Crippen LogP contribution in [0.5, 0.6) is 0 Å². The third kappa shape index (κ3) is 4.51. The van der Waals surface area contributed by atoms with E-state index in [2.05, 4.69) is 51.2 Å². The number of carbonyl (C=O) groups excluding carboxylic acids is 1. The number of nitrogens with zero attached hydrogens (tertiary/aromatic N) is 6. The first-order valence-corrected chi connectivity index (χ1v) is 10.7. The monoisotopic (exact) mass is 406 g/mol. The molecule has 1 saturated heterocycles. The normalized spacial score (nSPS) is 17.1. The topological polar surface area (TPSA) is 67.2 Å². The van der Waals surface area contributed by atoms with E-state index in [-0.39, 0.29) is 5.92 Å². The molecule has 0 spiro atoms. The van der Waals surface area contributed by atoms with Gasteiger partial charge in [-0.2, -0.15) is 10.2 Å². The molecule has 30 heavy (non-hydrogen) atoms. The molecule has 1 aromatic carbocycles. The minimum absolute atomic E-state index is 0.0668. The van der Waals surface area contributed by atoms with Crippen LogP contribution in [0, 0.1) is 12.8 Å². The zero-order valence-corrected chi connectivity index (χ0v) is 18.1. The molecule has 7 nitrogen and oxygen atoms in total. The van der Waals surface area contributed by atoms with Gasteiger partial charge in [0.15, 0.2) is 5.82 Å². The maximum Gasteiger partial charge on any atom is 0.179 e. The van der Waals surface area contributed by atoms with Gasteiger partial charge in [0.2, 0.25) is 0 Å². The lowest BCUT2D eigenvalue weighted by atomic mass is 9.91. The summed E-state index contributed by atoms with van der Waals surface area (Å²) in [6.45, 7) is 4.60. The van der Waals surface area contributed by atoms with Crippen LogP contribution >= 0.6 is 0 Å². The fraction of sp³-hybridized carbons (Fsp3) is 0.478. The molecule has 0 radical (unpaired) electrons. The molecular formula is C23H30N6O. The summed E-state index contributed by atoms with van der Waals surface area (Å²) in [7, 11) is 4.09. The van der Waals surface area contributed by atoms with Gasteiger partial charge in [-0.05, 0) is 59.0 Å². The van der Waals surface area contributed by atoms with Crippen molar-refractivity contribution >= 4 is 22.5 Å². The average Bonchev–Trinajstić information content (AvgIpc) is 3.18. The zero-order chi connectivity index (χ0) is 21.1. The van der Waals surface area contributed by atoms with Crippen molar-refractivity contribution in [3.05, 3.63) is 42.2 Å². The number of piperidine rings is 1. The summed E-state index contributed by atoms with van der Waals surface area (Å²) in [5.41, 5.74) is 3.07. The Labute approximate surface area is 177 Å². The largest absolute Gasteiger partial charge is 0.353 e. The highest BCUT2D eigenvalue weighted by Gasteiger charge is 2.28. The predicted octanol–water partition coefficient (Wildman–Crippen LogP) is 3.25.